The van der Waals surface area contributed by atoms with Crippen molar-refractivity contribution in [1.82, 2.24) is 4.90 Å². The van der Waals surface area contributed by atoms with E-state index in [1.807, 2.05) is 0 Å². The molecule has 0 aliphatic heterocycles. The van der Waals surface area contributed by atoms with E-state index in [0.717, 1.165) is 12.1 Å². The number of carbonyl (C=O) groups is 1. The van der Waals surface area contributed by atoms with E-state index in [1.54, 1.807) is 26.0 Å². The number of rotatable bonds is 7. The van der Waals surface area contributed by atoms with Crippen LogP contribution in [0.1, 0.15) is 31.9 Å². The van der Waals surface area contributed by atoms with Crippen LogP contribution in [0.2, 0.25) is 0 Å². The first-order valence-electron chi connectivity index (χ1n) is 9.17. The summed E-state index contributed by atoms with van der Waals surface area (Å²) in [6, 6.07) is 9.78. The van der Waals surface area contributed by atoms with Gasteiger partial charge in [-0.1, -0.05) is 18.2 Å². The van der Waals surface area contributed by atoms with E-state index in [2.05, 4.69) is 5.32 Å². The van der Waals surface area contributed by atoms with Crippen molar-refractivity contribution in [2.24, 2.45) is 0 Å². The minimum atomic E-state index is -4.52. The Kier molecular flexibility index (Phi) is 7.35. The summed E-state index contributed by atoms with van der Waals surface area (Å²) in [6.07, 6.45) is -4.52. The normalized spacial score (nSPS) is 12.0. The first-order valence-corrected chi connectivity index (χ1v) is 10.7. The molecule has 0 fully saturated rings. The Hall–Kier alpha value is -2.75. The van der Waals surface area contributed by atoms with Crippen LogP contribution in [0.5, 0.6) is 5.75 Å². The number of halogens is 3. The highest BCUT2D eigenvalue weighted by atomic mass is 32.2. The third-order valence-corrected chi connectivity index (χ3v) is 5.31. The summed E-state index contributed by atoms with van der Waals surface area (Å²) in [5.41, 5.74) is -0.239. The van der Waals surface area contributed by atoms with E-state index in [4.69, 9.17) is 4.18 Å². The lowest BCUT2D eigenvalue weighted by Gasteiger charge is -2.27. The first kappa shape index (κ1) is 23.5. The van der Waals surface area contributed by atoms with Gasteiger partial charge in [-0.2, -0.15) is 21.6 Å². The van der Waals surface area contributed by atoms with Gasteiger partial charge in [0.15, 0.2) is 0 Å². The fourth-order valence-electron chi connectivity index (χ4n) is 2.56. The van der Waals surface area contributed by atoms with Gasteiger partial charge in [0.2, 0.25) is 0 Å². The van der Waals surface area contributed by atoms with E-state index in [0.29, 0.717) is 5.56 Å². The molecule has 2 amide bonds. The summed E-state index contributed by atoms with van der Waals surface area (Å²) in [4.78, 5) is 14.1. The fourth-order valence-corrected chi connectivity index (χ4v) is 3.07. The highest BCUT2D eigenvalue weighted by Gasteiger charge is 2.30. The third kappa shape index (κ3) is 6.65. The zero-order chi connectivity index (χ0) is 22.5. The quantitative estimate of drug-likeness (QED) is 0.618. The Morgan fingerprint density at radius 2 is 1.80 bits per heavy atom. The van der Waals surface area contributed by atoms with Gasteiger partial charge in [-0.05, 0) is 56.7 Å². The van der Waals surface area contributed by atoms with Crippen LogP contribution < -0.4 is 9.50 Å². The second kappa shape index (κ2) is 9.38. The minimum absolute atomic E-state index is 0.0200. The second-order valence-electron chi connectivity index (χ2n) is 6.81. The number of urea groups is 1. The van der Waals surface area contributed by atoms with Crippen LogP contribution in [0.25, 0.3) is 0 Å². The van der Waals surface area contributed by atoms with E-state index in [9.17, 15) is 26.4 Å². The molecule has 0 bridgehead atoms. The van der Waals surface area contributed by atoms with Crippen LogP contribution >= 0.6 is 0 Å². The van der Waals surface area contributed by atoms with Crippen molar-refractivity contribution in [2.75, 3.05) is 11.1 Å². The van der Waals surface area contributed by atoms with Gasteiger partial charge in [0.05, 0.1) is 11.3 Å². The van der Waals surface area contributed by atoms with Gasteiger partial charge >= 0.3 is 22.3 Å². The summed E-state index contributed by atoms with van der Waals surface area (Å²) in [7, 11) is -3.69. The Balaban J connectivity index is 2.18. The van der Waals surface area contributed by atoms with Crippen molar-refractivity contribution in [2.45, 2.75) is 39.5 Å². The van der Waals surface area contributed by atoms with Gasteiger partial charge in [-0.15, -0.1) is 0 Å². The molecule has 0 aliphatic carbocycles. The highest BCUT2D eigenvalue weighted by molar-refractivity contribution is 7.87. The third-order valence-electron chi connectivity index (χ3n) is 4.15. The average Bonchev–Trinajstić information content (AvgIpc) is 2.65. The molecule has 0 radical (unpaired) electrons. The van der Waals surface area contributed by atoms with Gasteiger partial charge in [0.1, 0.15) is 5.75 Å². The molecule has 164 valence electrons. The summed E-state index contributed by atoms with van der Waals surface area (Å²) in [6.45, 7) is 5.07. The first-order chi connectivity index (χ1) is 13.9. The lowest BCUT2D eigenvalue weighted by Crippen LogP contribution is -2.39. The molecule has 1 N–H and O–H groups in total. The lowest BCUT2D eigenvalue weighted by molar-refractivity contribution is -0.137. The molecule has 0 unspecified atom stereocenters. The lowest BCUT2D eigenvalue weighted by atomic mass is 10.2. The Bertz CT molecular complexity index is 992. The van der Waals surface area contributed by atoms with E-state index < -0.39 is 27.9 Å². The Morgan fingerprint density at radius 3 is 2.40 bits per heavy atom. The number of anilines is 1. The maximum atomic E-state index is 12.9. The standard InChI is InChI=1S/C20H23F3N2O4S/c1-4-30(27,28)29-18-10-5-7-15(11-18)13-25(14(2)3)19(26)24-17-9-6-8-16(12-17)20(21,22)23/h5-12,14H,4,13H2,1-3H3,(H,24,26). The van der Waals surface area contributed by atoms with Crippen molar-refractivity contribution >= 4 is 21.8 Å². The van der Waals surface area contributed by atoms with Crippen LogP contribution in [0.4, 0.5) is 23.7 Å². The van der Waals surface area contributed by atoms with Crippen LogP contribution in [0.3, 0.4) is 0 Å². The number of carbonyl (C=O) groups excluding carboxylic acids is 1. The highest BCUT2D eigenvalue weighted by Crippen LogP contribution is 2.30. The zero-order valence-corrected chi connectivity index (χ0v) is 17.5. The molecule has 0 saturated carbocycles. The number of hydrogen-bond donors (Lipinski definition) is 1. The number of nitrogens with zero attached hydrogens (tertiary/aromatic N) is 1. The smallest absolute Gasteiger partial charge is 0.382 e. The largest absolute Gasteiger partial charge is 0.416 e. The minimum Gasteiger partial charge on any atom is -0.382 e. The molecule has 2 aromatic rings. The molecular weight excluding hydrogens is 421 g/mol. The fraction of sp³-hybridized carbons (Fsp3) is 0.350. The molecule has 6 nitrogen and oxygen atoms in total. The predicted octanol–water partition coefficient (Wildman–Crippen LogP) is 4.88. The van der Waals surface area contributed by atoms with Crippen LogP contribution in [-0.4, -0.2) is 31.1 Å². The van der Waals surface area contributed by atoms with Crippen molar-refractivity contribution in [3.63, 3.8) is 0 Å². The maximum absolute atomic E-state index is 12.9. The number of nitrogens with one attached hydrogen (secondary N) is 1. The second-order valence-corrected chi connectivity index (χ2v) is 8.67. The van der Waals surface area contributed by atoms with Crippen molar-refractivity contribution < 1.29 is 30.6 Å². The van der Waals surface area contributed by atoms with E-state index >= 15 is 0 Å². The van der Waals surface area contributed by atoms with Crippen molar-refractivity contribution in [3.8, 4) is 5.75 Å². The summed E-state index contributed by atoms with van der Waals surface area (Å²) >= 11 is 0. The molecule has 2 rings (SSSR count). The maximum Gasteiger partial charge on any atom is 0.416 e. The molecule has 2 aromatic carbocycles. The Morgan fingerprint density at radius 1 is 1.13 bits per heavy atom. The van der Waals surface area contributed by atoms with E-state index in [-0.39, 0.29) is 29.8 Å². The SMILES string of the molecule is CCS(=O)(=O)Oc1cccc(CN(C(=O)Nc2cccc(C(F)(F)F)c2)C(C)C)c1. The predicted molar refractivity (Wildman–Crippen MR) is 108 cm³/mol. The van der Waals surface area contributed by atoms with Crippen LogP contribution in [-0.2, 0) is 22.8 Å². The van der Waals surface area contributed by atoms with Gasteiger partial charge in [-0.3, -0.25) is 0 Å². The topological polar surface area (TPSA) is 75.7 Å². The molecule has 0 heterocycles. The summed E-state index contributed by atoms with van der Waals surface area (Å²) in [5.74, 6) is -0.0642. The van der Waals surface area contributed by atoms with E-state index in [1.165, 1.54) is 36.1 Å². The van der Waals surface area contributed by atoms with Gasteiger partial charge in [-0.25, -0.2) is 4.79 Å². The summed E-state index contributed by atoms with van der Waals surface area (Å²) < 4.78 is 66.9. The molecule has 0 atom stereocenters. The number of benzene rings is 2. The number of alkyl halides is 3. The van der Waals surface area contributed by atoms with Crippen LogP contribution in [0.15, 0.2) is 48.5 Å². The van der Waals surface area contributed by atoms with Crippen molar-refractivity contribution in [3.05, 3.63) is 59.7 Å². The summed E-state index contributed by atoms with van der Waals surface area (Å²) in [5, 5.41) is 2.48. The van der Waals surface area contributed by atoms with Crippen LogP contribution in [0, 0.1) is 0 Å². The molecule has 0 aromatic heterocycles. The average molecular weight is 444 g/mol. The van der Waals surface area contributed by atoms with Gasteiger partial charge < -0.3 is 14.4 Å². The monoisotopic (exact) mass is 444 g/mol. The molecule has 0 spiro atoms. The zero-order valence-electron chi connectivity index (χ0n) is 16.7. The van der Waals surface area contributed by atoms with Gasteiger partial charge in [0.25, 0.3) is 0 Å². The van der Waals surface area contributed by atoms with Gasteiger partial charge in [0, 0.05) is 18.3 Å². The van der Waals surface area contributed by atoms with Crippen molar-refractivity contribution in [1.29, 1.82) is 0 Å². The number of amides is 2. The molecular formula is C20H23F3N2O4S. The number of hydrogen-bond acceptors (Lipinski definition) is 4. The molecule has 10 heteroatoms. The Labute approximate surface area is 173 Å². The molecule has 30 heavy (non-hydrogen) atoms. The molecule has 0 aliphatic rings. The molecule has 0 saturated heterocycles.